The summed E-state index contributed by atoms with van der Waals surface area (Å²) in [6.07, 6.45) is -3.22. The van der Waals surface area contributed by atoms with Gasteiger partial charge in [0.2, 0.25) is 0 Å². The lowest BCUT2D eigenvalue weighted by Crippen LogP contribution is -2.17. The highest BCUT2D eigenvalue weighted by Crippen LogP contribution is 2.28. The Morgan fingerprint density at radius 1 is 1.06 bits per heavy atom. The van der Waals surface area contributed by atoms with Gasteiger partial charge in [-0.15, -0.1) is 13.2 Å². The first-order chi connectivity index (χ1) is 8.44. The molecule has 0 saturated heterocycles. The molecule has 2 nitrogen and oxygen atoms in total. The molecule has 0 spiro atoms. The summed E-state index contributed by atoms with van der Waals surface area (Å²) in [6.45, 7) is 0. The average Bonchev–Trinajstić information content (AvgIpc) is 2.27. The van der Waals surface area contributed by atoms with Crippen LogP contribution in [0.1, 0.15) is 0 Å². The molecule has 2 aromatic rings. The van der Waals surface area contributed by atoms with E-state index in [1.165, 1.54) is 24.4 Å². The van der Waals surface area contributed by atoms with Gasteiger partial charge in [0.1, 0.15) is 10.9 Å². The van der Waals surface area contributed by atoms with Gasteiger partial charge in [-0.25, -0.2) is 4.98 Å². The molecule has 18 heavy (non-hydrogen) atoms. The normalized spacial score (nSPS) is 11.3. The molecule has 2 rings (SSSR count). The van der Waals surface area contributed by atoms with Crippen LogP contribution >= 0.6 is 11.6 Å². The predicted molar refractivity (Wildman–Crippen MR) is 61.4 cm³/mol. The molecule has 1 aromatic heterocycles. The maximum absolute atomic E-state index is 12.1. The first kappa shape index (κ1) is 12.7. The van der Waals surface area contributed by atoms with E-state index in [1.54, 1.807) is 18.2 Å². The lowest BCUT2D eigenvalue weighted by atomic mass is 10.1. The van der Waals surface area contributed by atoms with Gasteiger partial charge in [0.05, 0.1) is 0 Å². The van der Waals surface area contributed by atoms with Gasteiger partial charge in [-0.1, -0.05) is 23.7 Å². The van der Waals surface area contributed by atoms with Crippen LogP contribution in [0.4, 0.5) is 13.2 Å². The molecule has 0 bridgehead atoms. The summed E-state index contributed by atoms with van der Waals surface area (Å²) in [7, 11) is 0. The predicted octanol–water partition coefficient (Wildman–Crippen LogP) is 4.30. The molecular formula is C12H7ClF3NO. The number of halogens is 4. The molecule has 1 aromatic carbocycles. The monoisotopic (exact) mass is 273 g/mol. The number of benzene rings is 1. The molecule has 0 aliphatic carbocycles. The first-order valence-electron chi connectivity index (χ1n) is 4.92. The zero-order valence-corrected chi connectivity index (χ0v) is 9.66. The smallest absolute Gasteiger partial charge is 0.406 e. The van der Waals surface area contributed by atoms with E-state index in [-0.39, 0.29) is 10.9 Å². The van der Waals surface area contributed by atoms with Crippen LogP contribution < -0.4 is 4.74 Å². The zero-order valence-electron chi connectivity index (χ0n) is 8.91. The van der Waals surface area contributed by atoms with Crippen molar-refractivity contribution in [2.24, 2.45) is 0 Å². The fraction of sp³-hybridized carbons (Fsp3) is 0.0833. The van der Waals surface area contributed by atoms with Crippen molar-refractivity contribution < 1.29 is 17.9 Å². The fourth-order valence-corrected chi connectivity index (χ4v) is 1.63. The van der Waals surface area contributed by atoms with Gasteiger partial charge in [-0.05, 0) is 35.4 Å². The van der Waals surface area contributed by atoms with Gasteiger partial charge in [0, 0.05) is 6.20 Å². The summed E-state index contributed by atoms with van der Waals surface area (Å²) in [5, 5.41) is 0.273. The Morgan fingerprint density at radius 3 is 2.44 bits per heavy atom. The van der Waals surface area contributed by atoms with Crippen molar-refractivity contribution in [2.45, 2.75) is 6.36 Å². The second kappa shape index (κ2) is 4.86. The minimum Gasteiger partial charge on any atom is -0.406 e. The van der Waals surface area contributed by atoms with Gasteiger partial charge in [-0.3, -0.25) is 0 Å². The summed E-state index contributed by atoms with van der Waals surface area (Å²) in [5.74, 6) is -0.270. The molecule has 0 saturated carbocycles. The van der Waals surface area contributed by atoms with Crippen LogP contribution in [-0.4, -0.2) is 11.3 Å². The number of hydrogen-bond donors (Lipinski definition) is 0. The molecule has 0 aliphatic heterocycles. The number of pyridine rings is 1. The van der Waals surface area contributed by atoms with E-state index in [0.717, 1.165) is 0 Å². The Bertz CT molecular complexity index is 557. The summed E-state index contributed by atoms with van der Waals surface area (Å²) in [6, 6.07) is 8.88. The van der Waals surface area contributed by atoms with Gasteiger partial charge >= 0.3 is 6.36 Å². The topological polar surface area (TPSA) is 22.1 Å². The van der Waals surface area contributed by atoms with Crippen molar-refractivity contribution in [3.8, 4) is 16.9 Å². The summed E-state index contributed by atoms with van der Waals surface area (Å²) >= 11 is 5.72. The summed E-state index contributed by atoms with van der Waals surface area (Å²) < 4.78 is 40.1. The van der Waals surface area contributed by atoms with E-state index < -0.39 is 6.36 Å². The fourth-order valence-electron chi connectivity index (χ4n) is 1.45. The molecule has 0 aliphatic rings. The van der Waals surface area contributed by atoms with E-state index in [4.69, 9.17) is 11.6 Å². The largest absolute Gasteiger partial charge is 0.573 e. The SMILES string of the molecule is FC(F)(F)Oc1cccc(-c2ccnc(Cl)c2)c1. The van der Waals surface area contributed by atoms with E-state index in [1.807, 2.05) is 0 Å². The number of rotatable bonds is 2. The van der Waals surface area contributed by atoms with Crippen LogP contribution in [0.5, 0.6) is 5.75 Å². The summed E-state index contributed by atoms with van der Waals surface area (Å²) in [4.78, 5) is 3.80. The molecule has 0 atom stereocenters. The van der Waals surface area contributed by atoms with Crippen molar-refractivity contribution in [1.29, 1.82) is 0 Å². The van der Waals surface area contributed by atoms with Crippen LogP contribution in [-0.2, 0) is 0 Å². The maximum atomic E-state index is 12.1. The van der Waals surface area contributed by atoms with Gasteiger partial charge in [-0.2, -0.15) is 0 Å². The number of ether oxygens (including phenoxy) is 1. The maximum Gasteiger partial charge on any atom is 0.573 e. The highest BCUT2D eigenvalue weighted by molar-refractivity contribution is 6.29. The standard InChI is InChI=1S/C12H7ClF3NO/c13-11-7-9(4-5-17-11)8-2-1-3-10(6-8)18-12(14,15)16/h1-7H. The molecule has 0 unspecified atom stereocenters. The van der Waals surface area contributed by atoms with E-state index in [0.29, 0.717) is 11.1 Å². The average molecular weight is 274 g/mol. The Balaban J connectivity index is 2.33. The quantitative estimate of drug-likeness (QED) is 0.761. The highest BCUT2D eigenvalue weighted by atomic mass is 35.5. The van der Waals surface area contributed by atoms with Crippen LogP contribution in [0.3, 0.4) is 0 Å². The molecular weight excluding hydrogens is 267 g/mol. The second-order valence-electron chi connectivity index (χ2n) is 3.44. The molecule has 0 fully saturated rings. The Hall–Kier alpha value is -1.75. The minimum absolute atomic E-state index is 0.270. The van der Waals surface area contributed by atoms with Gasteiger partial charge < -0.3 is 4.74 Å². The van der Waals surface area contributed by atoms with E-state index in [9.17, 15) is 13.2 Å². The van der Waals surface area contributed by atoms with Crippen LogP contribution in [0.15, 0.2) is 42.6 Å². The van der Waals surface area contributed by atoms with Crippen molar-refractivity contribution >= 4 is 11.6 Å². The van der Waals surface area contributed by atoms with Crippen molar-refractivity contribution in [3.63, 3.8) is 0 Å². The van der Waals surface area contributed by atoms with Crippen molar-refractivity contribution in [3.05, 3.63) is 47.7 Å². The molecule has 0 amide bonds. The lowest BCUT2D eigenvalue weighted by molar-refractivity contribution is -0.274. The third kappa shape index (κ3) is 3.37. The molecule has 1 heterocycles. The van der Waals surface area contributed by atoms with Crippen LogP contribution in [0.2, 0.25) is 5.15 Å². The molecule has 0 N–H and O–H groups in total. The number of aromatic nitrogens is 1. The second-order valence-corrected chi connectivity index (χ2v) is 3.83. The third-order valence-electron chi connectivity index (χ3n) is 2.13. The van der Waals surface area contributed by atoms with Crippen molar-refractivity contribution in [1.82, 2.24) is 4.98 Å². The van der Waals surface area contributed by atoms with Gasteiger partial charge in [0.25, 0.3) is 0 Å². The highest BCUT2D eigenvalue weighted by Gasteiger charge is 2.31. The number of nitrogens with zero attached hydrogens (tertiary/aromatic N) is 1. The number of alkyl halides is 3. The molecule has 6 heteroatoms. The summed E-state index contributed by atoms with van der Waals surface area (Å²) in [5.41, 5.74) is 1.24. The minimum atomic E-state index is -4.70. The van der Waals surface area contributed by atoms with E-state index in [2.05, 4.69) is 9.72 Å². The Labute approximate surface area is 106 Å². The van der Waals surface area contributed by atoms with Gasteiger partial charge in [0.15, 0.2) is 0 Å². The first-order valence-corrected chi connectivity index (χ1v) is 5.29. The third-order valence-corrected chi connectivity index (χ3v) is 2.33. The zero-order chi connectivity index (χ0) is 13.2. The lowest BCUT2D eigenvalue weighted by Gasteiger charge is -2.10. The molecule has 0 radical (unpaired) electrons. The van der Waals surface area contributed by atoms with Crippen molar-refractivity contribution in [2.75, 3.05) is 0 Å². The Morgan fingerprint density at radius 2 is 1.78 bits per heavy atom. The molecule has 94 valence electrons. The van der Waals surface area contributed by atoms with E-state index >= 15 is 0 Å². The number of hydrogen-bond acceptors (Lipinski definition) is 2. The van der Waals surface area contributed by atoms with Crippen LogP contribution in [0.25, 0.3) is 11.1 Å². The Kier molecular flexibility index (Phi) is 3.43. The van der Waals surface area contributed by atoms with Crippen LogP contribution in [0, 0.1) is 0 Å².